The Labute approximate surface area is 146 Å². The molecular weight excluding hydrogens is 348 g/mol. The van der Waals surface area contributed by atoms with Gasteiger partial charge in [-0.15, -0.1) is 0 Å². The van der Waals surface area contributed by atoms with Crippen molar-refractivity contribution in [2.75, 3.05) is 10.6 Å². The second-order valence-electron chi connectivity index (χ2n) is 4.74. The average molecular weight is 359 g/mol. The Kier molecular flexibility index (Phi) is 4.86. The number of nitrogens with zero attached hydrogens (tertiary/aromatic N) is 4. The van der Waals surface area contributed by atoms with E-state index in [9.17, 15) is 10.0 Å². The molecule has 0 aliphatic heterocycles. The van der Waals surface area contributed by atoms with Gasteiger partial charge in [0, 0.05) is 23.1 Å². The van der Waals surface area contributed by atoms with Crippen LogP contribution < -0.4 is 10.6 Å². The molecule has 10 heteroatoms. The van der Waals surface area contributed by atoms with Crippen molar-refractivity contribution in [3.8, 4) is 0 Å². The van der Waals surface area contributed by atoms with E-state index in [0.29, 0.717) is 16.3 Å². The van der Waals surface area contributed by atoms with Gasteiger partial charge in [0.05, 0.1) is 5.56 Å². The highest BCUT2D eigenvalue weighted by atomic mass is 35.5. The molecule has 3 N–H and O–H groups in total. The molecule has 1 amide bonds. The zero-order valence-electron chi connectivity index (χ0n) is 12.5. The summed E-state index contributed by atoms with van der Waals surface area (Å²) in [6.07, 6.45) is 2.94. The minimum absolute atomic E-state index is 0.0136. The third kappa shape index (κ3) is 3.90. The number of oxime groups is 1. The fourth-order valence-electron chi connectivity index (χ4n) is 1.94. The number of benzene rings is 1. The lowest BCUT2D eigenvalue weighted by Crippen LogP contribution is -2.19. The number of hydrogen-bond donors (Lipinski definition) is 3. The minimum Gasteiger partial charge on any atom is -0.409 e. The summed E-state index contributed by atoms with van der Waals surface area (Å²) in [4.78, 5) is 16.0. The molecule has 2 aromatic heterocycles. The van der Waals surface area contributed by atoms with Gasteiger partial charge >= 0.3 is 0 Å². The van der Waals surface area contributed by atoms with Crippen molar-refractivity contribution in [2.45, 2.75) is 0 Å². The first-order valence-electron chi connectivity index (χ1n) is 6.96. The number of carbonyl (C=O) groups is 1. The molecule has 0 atom stereocenters. The normalized spacial score (nSPS) is 11.2. The van der Waals surface area contributed by atoms with E-state index in [2.05, 4.69) is 35.7 Å². The lowest BCUT2D eigenvalue weighted by atomic mass is 10.2. The van der Waals surface area contributed by atoms with Crippen LogP contribution in [0.5, 0.6) is 0 Å². The van der Waals surface area contributed by atoms with Gasteiger partial charge in [-0.2, -0.15) is 0 Å². The third-order valence-electron chi connectivity index (χ3n) is 3.06. The number of anilines is 2. The first-order valence-corrected chi connectivity index (χ1v) is 7.34. The maximum Gasteiger partial charge on any atom is 0.258 e. The molecule has 0 saturated heterocycles. The van der Waals surface area contributed by atoms with Gasteiger partial charge in [0.25, 0.3) is 5.91 Å². The van der Waals surface area contributed by atoms with Crippen LogP contribution in [0.25, 0.3) is 0 Å². The second-order valence-corrected chi connectivity index (χ2v) is 5.18. The summed E-state index contributed by atoms with van der Waals surface area (Å²) in [6.45, 7) is 0. The van der Waals surface area contributed by atoms with Crippen LogP contribution in [-0.2, 0) is 0 Å². The Morgan fingerprint density at radius 2 is 2.08 bits per heavy atom. The van der Waals surface area contributed by atoms with Gasteiger partial charge in [-0.25, -0.2) is 4.63 Å². The summed E-state index contributed by atoms with van der Waals surface area (Å²) in [5.74, 6) is -0.564. The van der Waals surface area contributed by atoms with Gasteiger partial charge in [-0.1, -0.05) is 22.8 Å². The van der Waals surface area contributed by atoms with Crippen LogP contribution >= 0.6 is 11.6 Å². The Morgan fingerprint density at radius 1 is 1.20 bits per heavy atom. The van der Waals surface area contributed by atoms with Crippen LogP contribution in [0.15, 0.2) is 58.6 Å². The largest absolute Gasteiger partial charge is 0.409 e. The van der Waals surface area contributed by atoms with Crippen molar-refractivity contribution < 1.29 is 14.6 Å². The summed E-state index contributed by atoms with van der Waals surface area (Å²) in [5, 5.41) is 25.5. The molecule has 0 unspecified atom stereocenters. The van der Waals surface area contributed by atoms with Crippen LogP contribution in [0.1, 0.15) is 16.1 Å². The van der Waals surface area contributed by atoms with Crippen LogP contribution in [0.3, 0.4) is 0 Å². The van der Waals surface area contributed by atoms with Crippen molar-refractivity contribution in [1.82, 2.24) is 15.3 Å². The summed E-state index contributed by atoms with van der Waals surface area (Å²) < 4.78 is 4.64. The van der Waals surface area contributed by atoms with Gasteiger partial charge < -0.3 is 15.8 Å². The number of amides is 1. The van der Waals surface area contributed by atoms with E-state index in [0.717, 1.165) is 0 Å². The zero-order valence-corrected chi connectivity index (χ0v) is 13.3. The summed E-state index contributed by atoms with van der Waals surface area (Å²) in [5.41, 5.74) is 0.884. The summed E-state index contributed by atoms with van der Waals surface area (Å²) in [7, 11) is 0. The predicted molar refractivity (Wildman–Crippen MR) is 89.9 cm³/mol. The highest BCUT2D eigenvalue weighted by Gasteiger charge is 2.20. The van der Waals surface area contributed by atoms with E-state index in [1.54, 1.807) is 42.6 Å². The quantitative estimate of drug-likeness (QED) is 0.283. The number of rotatable bonds is 4. The fraction of sp³-hybridized carbons (Fsp3) is 0. The summed E-state index contributed by atoms with van der Waals surface area (Å²) >= 11 is 5.91. The molecule has 2 heterocycles. The molecule has 25 heavy (non-hydrogen) atoms. The van der Waals surface area contributed by atoms with Crippen molar-refractivity contribution in [2.24, 2.45) is 5.16 Å². The van der Waals surface area contributed by atoms with Gasteiger partial charge in [0.1, 0.15) is 0 Å². The molecule has 0 fully saturated rings. The first kappa shape index (κ1) is 16.4. The molecule has 3 aromatic rings. The predicted octanol–water partition coefficient (Wildman–Crippen LogP) is 2.62. The minimum atomic E-state index is -0.468. The van der Waals surface area contributed by atoms with E-state index in [-0.39, 0.29) is 17.3 Å². The highest BCUT2D eigenvalue weighted by Crippen LogP contribution is 2.18. The number of hydrogen-bond acceptors (Lipinski definition) is 7. The smallest absolute Gasteiger partial charge is 0.258 e. The van der Waals surface area contributed by atoms with Crippen molar-refractivity contribution >= 4 is 34.8 Å². The number of pyridine rings is 1. The van der Waals surface area contributed by atoms with Gasteiger partial charge in [0.15, 0.2) is 5.69 Å². The zero-order chi connectivity index (χ0) is 17.6. The molecule has 0 radical (unpaired) electrons. The van der Waals surface area contributed by atoms with Crippen LogP contribution in [-0.4, -0.2) is 32.2 Å². The van der Waals surface area contributed by atoms with E-state index >= 15 is 0 Å². The standard InChI is InChI=1S/C15H11ClN6O3/c16-10-4-1-5-11(7-10)18-13(20-24)12-14(22-25-21-12)19-15(23)9-3-2-6-17-8-9/h1-8,24H,(H,18,20)(H,19,22,23). The molecule has 3 rings (SSSR count). The van der Waals surface area contributed by atoms with E-state index < -0.39 is 5.91 Å². The van der Waals surface area contributed by atoms with Crippen LogP contribution in [0.4, 0.5) is 11.5 Å². The molecule has 0 bridgehead atoms. The van der Waals surface area contributed by atoms with E-state index in [1.807, 2.05) is 0 Å². The molecule has 0 aliphatic carbocycles. The molecule has 0 saturated carbocycles. The number of nitrogens with one attached hydrogen (secondary N) is 2. The van der Waals surface area contributed by atoms with Crippen molar-refractivity contribution in [1.29, 1.82) is 0 Å². The average Bonchev–Trinajstić information content (AvgIpc) is 3.08. The lowest BCUT2D eigenvalue weighted by Gasteiger charge is -2.07. The highest BCUT2D eigenvalue weighted by molar-refractivity contribution is 6.31. The van der Waals surface area contributed by atoms with Crippen LogP contribution in [0.2, 0.25) is 5.02 Å². The van der Waals surface area contributed by atoms with Gasteiger partial charge in [-0.05, 0) is 40.6 Å². The number of aromatic nitrogens is 3. The SMILES string of the molecule is O=C(Nc1nonc1/C(=N\O)Nc1cccc(Cl)c1)c1cccnc1. The number of halogens is 1. The maximum atomic E-state index is 12.2. The fourth-order valence-corrected chi connectivity index (χ4v) is 2.13. The van der Waals surface area contributed by atoms with Crippen molar-refractivity contribution in [3.63, 3.8) is 0 Å². The number of amidine groups is 1. The lowest BCUT2D eigenvalue weighted by molar-refractivity contribution is 0.102. The molecular formula is C15H11ClN6O3. The van der Waals surface area contributed by atoms with Gasteiger partial charge in [-0.3, -0.25) is 9.78 Å². The monoisotopic (exact) mass is 358 g/mol. The summed E-state index contributed by atoms with van der Waals surface area (Å²) in [6, 6.07) is 9.94. The Balaban J connectivity index is 1.81. The third-order valence-corrected chi connectivity index (χ3v) is 3.29. The molecule has 0 aliphatic rings. The molecule has 9 nitrogen and oxygen atoms in total. The molecule has 126 valence electrons. The first-order chi connectivity index (χ1) is 12.2. The number of carbonyl (C=O) groups excluding carboxylic acids is 1. The Bertz CT molecular complexity index is 912. The van der Waals surface area contributed by atoms with Crippen molar-refractivity contribution in [3.05, 3.63) is 65.1 Å². The van der Waals surface area contributed by atoms with Gasteiger partial charge in [0.2, 0.25) is 11.7 Å². The van der Waals surface area contributed by atoms with E-state index in [4.69, 9.17) is 11.6 Å². The molecule has 1 aromatic carbocycles. The topological polar surface area (TPSA) is 126 Å². The van der Waals surface area contributed by atoms with Crippen LogP contribution in [0, 0.1) is 0 Å². The maximum absolute atomic E-state index is 12.2. The molecule has 0 spiro atoms. The second kappa shape index (κ2) is 7.41. The Hall–Kier alpha value is -3.46. The Morgan fingerprint density at radius 3 is 2.80 bits per heavy atom. The van der Waals surface area contributed by atoms with E-state index in [1.165, 1.54) is 6.20 Å².